The average Bonchev–Trinajstić information content (AvgIpc) is 2.25. The van der Waals surface area contributed by atoms with Crippen LogP contribution in [0.15, 0.2) is 6.20 Å². The van der Waals surface area contributed by atoms with Crippen molar-refractivity contribution in [2.75, 3.05) is 13.6 Å². The Morgan fingerprint density at radius 3 is 2.81 bits per heavy atom. The molecule has 0 radical (unpaired) electrons. The third kappa shape index (κ3) is 2.69. The monoisotopic (exact) mass is 221 g/mol. The number of hydrogen-bond acceptors (Lipinski definition) is 5. The summed E-state index contributed by atoms with van der Waals surface area (Å²) in [5, 5.41) is 27.5. The van der Waals surface area contributed by atoms with Crippen molar-refractivity contribution < 1.29 is 10.2 Å². The number of aliphatic hydroxyl groups excluding tert-OH is 1. The molecule has 5 nitrogen and oxygen atoms in total. The molecule has 0 saturated heterocycles. The maximum Gasteiger partial charge on any atom is 0.141 e. The Morgan fingerprint density at radius 2 is 2.25 bits per heavy atom. The van der Waals surface area contributed by atoms with E-state index < -0.39 is 0 Å². The van der Waals surface area contributed by atoms with Gasteiger partial charge in [0.25, 0.3) is 0 Å². The molecule has 0 aromatic carbocycles. The van der Waals surface area contributed by atoms with E-state index in [9.17, 15) is 5.11 Å². The Morgan fingerprint density at radius 1 is 1.56 bits per heavy atom. The molecule has 0 saturated carbocycles. The van der Waals surface area contributed by atoms with E-state index in [4.69, 9.17) is 10.4 Å². The zero-order valence-electron chi connectivity index (χ0n) is 9.43. The van der Waals surface area contributed by atoms with Crippen molar-refractivity contribution in [1.29, 1.82) is 5.26 Å². The molecule has 0 spiro atoms. The first-order valence-electron chi connectivity index (χ1n) is 4.92. The van der Waals surface area contributed by atoms with Gasteiger partial charge in [0, 0.05) is 23.9 Å². The molecule has 1 heterocycles. The number of aryl methyl sites for hydroxylation is 1. The van der Waals surface area contributed by atoms with Gasteiger partial charge >= 0.3 is 0 Å². The number of aliphatic hydroxyl groups is 1. The number of rotatable bonds is 4. The summed E-state index contributed by atoms with van der Waals surface area (Å²) in [6.07, 6.45) is 1.55. The first-order chi connectivity index (χ1) is 7.60. The summed E-state index contributed by atoms with van der Waals surface area (Å²) >= 11 is 0. The number of pyridine rings is 1. The van der Waals surface area contributed by atoms with Crippen molar-refractivity contribution in [1.82, 2.24) is 9.88 Å². The molecule has 0 aliphatic carbocycles. The van der Waals surface area contributed by atoms with Gasteiger partial charge in [-0.25, -0.2) is 0 Å². The second kappa shape index (κ2) is 5.45. The summed E-state index contributed by atoms with van der Waals surface area (Å²) in [6.45, 7) is 2.21. The van der Waals surface area contributed by atoms with Gasteiger partial charge in [0.2, 0.25) is 0 Å². The van der Waals surface area contributed by atoms with E-state index in [2.05, 4.69) is 4.98 Å². The van der Waals surface area contributed by atoms with Gasteiger partial charge in [-0.1, -0.05) is 0 Å². The van der Waals surface area contributed by atoms with Crippen LogP contribution in [-0.4, -0.2) is 33.7 Å². The fourth-order valence-electron chi connectivity index (χ4n) is 1.44. The van der Waals surface area contributed by atoms with Gasteiger partial charge in [-0.3, -0.25) is 9.88 Å². The molecule has 1 aromatic heterocycles. The van der Waals surface area contributed by atoms with Gasteiger partial charge < -0.3 is 10.2 Å². The van der Waals surface area contributed by atoms with E-state index in [0.717, 1.165) is 0 Å². The average molecular weight is 221 g/mol. The first kappa shape index (κ1) is 12.4. The fourth-order valence-corrected chi connectivity index (χ4v) is 1.44. The van der Waals surface area contributed by atoms with Crippen LogP contribution in [0.4, 0.5) is 0 Å². The van der Waals surface area contributed by atoms with E-state index in [0.29, 0.717) is 23.4 Å². The Balaban J connectivity index is 3.01. The SMILES string of the molecule is Cc1ncc(CO)c(CN(C)CC#N)c1O. The normalized spacial score (nSPS) is 10.4. The van der Waals surface area contributed by atoms with Gasteiger partial charge in [0.05, 0.1) is 24.9 Å². The number of aromatic hydroxyl groups is 1. The van der Waals surface area contributed by atoms with Crippen LogP contribution in [0.1, 0.15) is 16.8 Å². The van der Waals surface area contributed by atoms with E-state index in [1.807, 2.05) is 6.07 Å². The quantitative estimate of drug-likeness (QED) is 0.725. The standard InChI is InChI=1S/C11H15N3O2/c1-8-11(16)10(6-14(2)4-3-12)9(7-15)5-13-8/h5,15-16H,4,6-7H2,1-2H3. The molecule has 1 rings (SSSR count). The maximum atomic E-state index is 9.84. The minimum atomic E-state index is -0.170. The van der Waals surface area contributed by atoms with Crippen molar-refractivity contribution in [2.24, 2.45) is 0 Å². The predicted octanol–water partition coefficient (Wildman–Crippen LogP) is 0.543. The highest BCUT2D eigenvalue weighted by molar-refractivity contribution is 5.40. The Kier molecular flexibility index (Phi) is 4.23. The van der Waals surface area contributed by atoms with Crippen LogP contribution in [0, 0.1) is 18.3 Å². The molecule has 0 atom stereocenters. The van der Waals surface area contributed by atoms with Crippen LogP contribution in [0.25, 0.3) is 0 Å². The number of hydrogen-bond donors (Lipinski definition) is 2. The Hall–Kier alpha value is -1.64. The lowest BCUT2D eigenvalue weighted by Gasteiger charge is -2.16. The summed E-state index contributed by atoms with van der Waals surface area (Å²) < 4.78 is 0. The molecule has 0 aliphatic rings. The molecule has 16 heavy (non-hydrogen) atoms. The topological polar surface area (TPSA) is 80.4 Å². The number of aromatic nitrogens is 1. The Bertz CT molecular complexity index is 412. The van der Waals surface area contributed by atoms with Gasteiger partial charge in [0.1, 0.15) is 5.75 Å². The molecule has 5 heteroatoms. The van der Waals surface area contributed by atoms with E-state index in [1.54, 1.807) is 25.1 Å². The third-order valence-electron chi connectivity index (χ3n) is 2.37. The summed E-state index contributed by atoms with van der Waals surface area (Å²) in [5.41, 5.74) is 1.75. The zero-order valence-corrected chi connectivity index (χ0v) is 9.43. The summed E-state index contributed by atoms with van der Waals surface area (Å²) in [4.78, 5) is 5.73. The molecular formula is C11H15N3O2. The number of nitriles is 1. The highest BCUT2D eigenvalue weighted by Crippen LogP contribution is 2.24. The van der Waals surface area contributed by atoms with Crippen LogP contribution in [0.2, 0.25) is 0 Å². The lowest BCUT2D eigenvalue weighted by molar-refractivity contribution is 0.274. The smallest absolute Gasteiger partial charge is 0.141 e. The fraction of sp³-hybridized carbons (Fsp3) is 0.455. The maximum absolute atomic E-state index is 9.84. The molecule has 86 valence electrons. The molecule has 0 aliphatic heterocycles. The lowest BCUT2D eigenvalue weighted by atomic mass is 10.1. The van der Waals surface area contributed by atoms with Crippen molar-refractivity contribution in [3.05, 3.63) is 23.0 Å². The van der Waals surface area contributed by atoms with Crippen LogP contribution in [0.5, 0.6) is 5.75 Å². The minimum Gasteiger partial charge on any atom is -0.506 e. The van der Waals surface area contributed by atoms with Gasteiger partial charge in [-0.15, -0.1) is 0 Å². The molecule has 1 aromatic rings. The second-order valence-corrected chi connectivity index (χ2v) is 3.68. The molecule has 0 amide bonds. The molecule has 0 fully saturated rings. The second-order valence-electron chi connectivity index (χ2n) is 3.68. The predicted molar refractivity (Wildman–Crippen MR) is 58.5 cm³/mol. The highest BCUT2D eigenvalue weighted by atomic mass is 16.3. The molecular weight excluding hydrogens is 206 g/mol. The van der Waals surface area contributed by atoms with Crippen LogP contribution in [0.3, 0.4) is 0 Å². The minimum absolute atomic E-state index is 0.0938. The van der Waals surface area contributed by atoms with Gasteiger partial charge in [0.15, 0.2) is 0 Å². The summed E-state index contributed by atoms with van der Waals surface area (Å²) in [5.74, 6) is 0.0938. The lowest BCUT2D eigenvalue weighted by Crippen LogP contribution is -2.19. The van der Waals surface area contributed by atoms with Gasteiger partial charge in [-0.05, 0) is 14.0 Å². The third-order valence-corrected chi connectivity index (χ3v) is 2.37. The van der Waals surface area contributed by atoms with Crippen molar-refractivity contribution in [2.45, 2.75) is 20.1 Å². The first-order valence-corrected chi connectivity index (χ1v) is 4.92. The van der Waals surface area contributed by atoms with Crippen molar-refractivity contribution >= 4 is 0 Å². The molecule has 2 N–H and O–H groups in total. The van der Waals surface area contributed by atoms with Gasteiger partial charge in [-0.2, -0.15) is 5.26 Å². The van der Waals surface area contributed by atoms with Crippen LogP contribution in [-0.2, 0) is 13.2 Å². The molecule has 0 bridgehead atoms. The van der Waals surface area contributed by atoms with E-state index >= 15 is 0 Å². The van der Waals surface area contributed by atoms with Crippen molar-refractivity contribution in [3.8, 4) is 11.8 Å². The number of nitrogens with zero attached hydrogens (tertiary/aromatic N) is 3. The summed E-state index contributed by atoms with van der Waals surface area (Å²) in [7, 11) is 1.78. The highest BCUT2D eigenvalue weighted by Gasteiger charge is 2.12. The van der Waals surface area contributed by atoms with E-state index in [1.165, 1.54) is 0 Å². The largest absolute Gasteiger partial charge is 0.506 e. The summed E-state index contributed by atoms with van der Waals surface area (Å²) in [6, 6.07) is 2.03. The van der Waals surface area contributed by atoms with Crippen LogP contribution >= 0.6 is 0 Å². The van der Waals surface area contributed by atoms with Crippen molar-refractivity contribution in [3.63, 3.8) is 0 Å². The van der Waals surface area contributed by atoms with E-state index in [-0.39, 0.29) is 18.9 Å². The molecule has 0 unspecified atom stereocenters. The van der Waals surface area contributed by atoms with Crippen LogP contribution < -0.4 is 0 Å². The zero-order chi connectivity index (χ0) is 12.1. The Labute approximate surface area is 94.6 Å².